The molecule has 0 atom stereocenters. The maximum atomic E-state index is 13.6. The second-order valence-corrected chi connectivity index (χ2v) is 4.02. The summed E-state index contributed by atoms with van der Waals surface area (Å²) >= 11 is 5.81. The summed E-state index contributed by atoms with van der Waals surface area (Å²) in [4.78, 5) is 0. The van der Waals surface area contributed by atoms with Crippen LogP contribution in [0.25, 0.3) is 0 Å². The Morgan fingerprint density at radius 3 is 2.61 bits per heavy atom. The zero-order valence-electron chi connectivity index (χ0n) is 9.29. The van der Waals surface area contributed by atoms with Crippen LogP contribution in [0, 0.1) is 11.6 Å². The van der Waals surface area contributed by atoms with E-state index >= 15 is 0 Å². The predicted molar refractivity (Wildman–Crippen MR) is 65.8 cm³/mol. The third kappa shape index (κ3) is 2.60. The predicted octanol–water partition coefficient (Wildman–Crippen LogP) is 3.87. The van der Waals surface area contributed by atoms with E-state index in [1.807, 2.05) is 0 Å². The summed E-state index contributed by atoms with van der Waals surface area (Å²) in [7, 11) is 0. The van der Waals surface area contributed by atoms with E-state index in [4.69, 9.17) is 22.1 Å². The van der Waals surface area contributed by atoms with E-state index in [1.165, 1.54) is 24.3 Å². The van der Waals surface area contributed by atoms with E-state index < -0.39 is 11.6 Å². The van der Waals surface area contributed by atoms with Crippen molar-refractivity contribution >= 4 is 11.6 Å². The first-order valence-electron chi connectivity index (χ1n) is 5.22. The molecule has 2 N–H and O–H groups in total. The topological polar surface area (TPSA) is 35.2 Å². The van der Waals surface area contributed by atoms with E-state index in [2.05, 4.69) is 0 Å². The fraction of sp³-hybridized carbons (Fsp3) is 0.0769. The first kappa shape index (κ1) is 12.8. The number of rotatable bonds is 3. The maximum absolute atomic E-state index is 13.6. The highest BCUT2D eigenvalue weighted by Gasteiger charge is 2.12. The van der Waals surface area contributed by atoms with Crippen molar-refractivity contribution in [3.63, 3.8) is 0 Å². The van der Waals surface area contributed by atoms with Crippen LogP contribution >= 0.6 is 11.6 Å². The van der Waals surface area contributed by atoms with Crippen LogP contribution in [0.4, 0.5) is 8.78 Å². The van der Waals surface area contributed by atoms with Crippen LogP contribution < -0.4 is 10.5 Å². The Morgan fingerprint density at radius 2 is 1.94 bits per heavy atom. The lowest BCUT2D eigenvalue weighted by molar-refractivity contribution is 0.435. The molecule has 0 unspecified atom stereocenters. The van der Waals surface area contributed by atoms with Crippen molar-refractivity contribution < 1.29 is 13.5 Å². The molecule has 0 radical (unpaired) electrons. The Kier molecular flexibility index (Phi) is 3.79. The Bertz CT molecular complexity index is 575. The van der Waals surface area contributed by atoms with Gasteiger partial charge < -0.3 is 10.5 Å². The number of halogens is 3. The molecule has 2 rings (SSSR count). The highest BCUT2D eigenvalue weighted by molar-refractivity contribution is 6.32. The van der Waals surface area contributed by atoms with Crippen molar-refractivity contribution in [1.82, 2.24) is 0 Å². The molecule has 0 saturated heterocycles. The van der Waals surface area contributed by atoms with Crippen LogP contribution in [-0.2, 0) is 6.54 Å². The van der Waals surface area contributed by atoms with Gasteiger partial charge in [-0.25, -0.2) is 8.78 Å². The quantitative estimate of drug-likeness (QED) is 0.918. The Morgan fingerprint density at radius 1 is 1.17 bits per heavy atom. The molecule has 0 bridgehead atoms. The van der Waals surface area contributed by atoms with Crippen molar-refractivity contribution in [3.8, 4) is 11.5 Å². The maximum Gasteiger partial charge on any atom is 0.167 e. The minimum atomic E-state index is -0.543. The number of benzene rings is 2. The Hall–Kier alpha value is -1.65. The summed E-state index contributed by atoms with van der Waals surface area (Å²) < 4.78 is 31.9. The lowest BCUT2D eigenvalue weighted by atomic mass is 10.2. The summed E-state index contributed by atoms with van der Waals surface area (Å²) in [6.07, 6.45) is 0. The van der Waals surface area contributed by atoms with Gasteiger partial charge in [-0.05, 0) is 24.3 Å². The average molecular weight is 270 g/mol. The summed E-state index contributed by atoms with van der Waals surface area (Å²) in [6, 6.07) is 8.06. The number of hydrogen-bond donors (Lipinski definition) is 1. The normalized spacial score (nSPS) is 10.4. The van der Waals surface area contributed by atoms with Crippen LogP contribution in [-0.4, -0.2) is 0 Å². The fourth-order valence-electron chi connectivity index (χ4n) is 1.50. The van der Waals surface area contributed by atoms with Gasteiger partial charge in [0, 0.05) is 12.1 Å². The van der Waals surface area contributed by atoms with Gasteiger partial charge in [0.15, 0.2) is 11.6 Å². The van der Waals surface area contributed by atoms with E-state index in [0.29, 0.717) is 5.56 Å². The highest BCUT2D eigenvalue weighted by Crippen LogP contribution is 2.33. The molecule has 0 amide bonds. The molecular formula is C13H10ClF2NO. The molecule has 0 aromatic heterocycles. The molecule has 0 fully saturated rings. The van der Waals surface area contributed by atoms with Crippen LogP contribution in [0.2, 0.25) is 5.02 Å². The SMILES string of the molecule is NCc1cccc(F)c1Oc1ccc(F)cc1Cl. The van der Waals surface area contributed by atoms with Crippen molar-refractivity contribution in [2.24, 2.45) is 5.73 Å². The first-order chi connectivity index (χ1) is 8.61. The van der Waals surface area contributed by atoms with Crippen LogP contribution in [0.3, 0.4) is 0 Å². The summed E-state index contributed by atoms with van der Waals surface area (Å²) in [5.74, 6) is -0.843. The molecule has 0 aliphatic carbocycles. The van der Waals surface area contributed by atoms with Gasteiger partial charge in [-0.2, -0.15) is 0 Å². The van der Waals surface area contributed by atoms with E-state index in [-0.39, 0.29) is 23.1 Å². The van der Waals surface area contributed by atoms with Crippen molar-refractivity contribution in [2.45, 2.75) is 6.54 Å². The third-order valence-electron chi connectivity index (χ3n) is 2.37. The minimum absolute atomic E-state index is 0.00788. The molecule has 0 aliphatic rings. The van der Waals surface area contributed by atoms with Crippen molar-refractivity contribution in [3.05, 3.63) is 58.6 Å². The molecule has 0 spiro atoms. The van der Waals surface area contributed by atoms with E-state index in [1.54, 1.807) is 6.07 Å². The van der Waals surface area contributed by atoms with Crippen LogP contribution in [0.15, 0.2) is 36.4 Å². The second kappa shape index (κ2) is 5.33. The fourth-order valence-corrected chi connectivity index (χ4v) is 1.70. The van der Waals surface area contributed by atoms with Crippen LogP contribution in [0.1, 0.15) is 5.56 Å². The molecule has 94 valence electrons. The number of hydrogen-bond acceptors (Lipinski definition) is 2. The Labute approximate surface area is 108 Å². The Balaban J connectivity index is 2.39. The summed E-state index contributed by atoms with van der Waals surface area (Å²) in [5.41, 5.74) is 6.01. The number of nitrogens with two attached hydrogens (primary N) is 1. The first-order valence-corrected chi connectivity index (χ1v) is 5.60. The lowest BCUT2D eigenvalue weighted by Gasteiger charge is -2.11. The van der Waals surface area contributed by atoms with Gasteiger partial charge >= 0.3 is 0 Å². The van der Waals surface area contributed by atoms with Crippen LogP contribution in [0.5, 0.6) is 11.5 Å². The van der Waals surface area contributed by atoms with Gasteiger partial charge in [0.25, 0.3) is 0 Å². The van der Waals surface area contributed by atoms with Gasteiger partial charge in [-0.3, -0.25) is 0 Å². The lowest BCUT2D eigenvalue weighted by Crippen LogP contribution is -2.01. The molecule has 2 nitrogen and oxygen atoms in total. The molecule has 18 heavy (non-hydrogen) atoms. The van der Waals surface area contributed by atoms with Gasteiger partial charge in [0.1, 0.15) is 11.6 Å². The van der Waals surface area contributed by atoms with Gasteiger partial charge in [-0.15, -0.1) is 0 Å². The molecule has 2 aromatic rings. The number of ether oxygens (including phenoxy) is 1. The summed E-state index contributed by atoms with van der Waals surface area (Å²) in [6.45, 7) is 0.131. The summed E-state index contributed by atoms with van der Waals surface area (Å²) in [5, 5.41) is 0.0706. The van der Waals surface area contributed by atoms with Gasteiger partial charge in [0.05, 0.1) is 5.02 Å². The monoisotopic (exact) mass is 269 g/mol. The molecule has 0 heterocycles. The van der Waals surface area contributed by atoms with E-state index in [0.717, 1.165) is 6.07 Å². The largest absolute Gasteiger partial charge is 0.452 e. The molecule has 5 heteroatoms. The molecule has 0 aliphatic heterocycles. The van der Waals surface area contributed by atoms with Crippen molar-refractivity contribution in [2.75, 3.05) is 0 Å². The standard InChI is InChI=1S/C13H10ClF2NO/c14-10-6-9(15)4-5-12(10)18-13-8(7-17)2-1-3-11(13)16/h1-6H,7,17H2. The molecular weight excluding hydrogens is 260 g/mol. The zero-order chi connectivity index (χ0) is 13.1. The molecule has 2 aromatic carbocycles. The third-order valence-corrected chi connectivity index (χ3v) is 2.67. The second-order valence-electron chi connectivity index (χ2n) is 3.61. The molecule has 0 saturated carbocycles. The minimum Gasteiger partial charge on any atom is -0.452 e. The van der Waals surface area contributed by atoms with Crippen molar-refractivity contribution in [1.29, 1.82) is 0 Å². The van der Waals surface area contributed by atoms with Gasteiger partial charge in [0.2, 0.25) is 0 Å². The zero-order valence-corrected chi connectivity index (χ0v) is 10.0. The smallest absolute Gasteiger partial charge is 0.167 e. The highest BCUT2D eigenvalue weighted by atomic mass is 35.5. The average Bonchev–Trinajstić information content (AvgIpc) is 2.34. The number of para-hydroxylation sites is 1. The van der Waals surface area contributed by atoms with E-state index in [9.17, 15) is 8.78 Å². The van der Waals surface area contributed by atoms with Gasteiger partial charge in [-0.1, -0.05) is 23.7 Å².